The molecule has 0 aliphatic rings. The first-order chi connectivity index (χ1) is 7.26. The van der Waals surface area contributed by atoms with E-state index in [0.717, 1.165) is 28.5 Å². The average Bonchev–Trinajstić information content (AvgIpc) is 2.61. The molecule has 0 atom stereocenters. The molecule has 16 heavy (non-hydrogen) atoms. The Labute approximate surface area is 104 Å². The highest BCUT2D eigenvalue weighted by Crippen LogP contribution is 2.21. The smallest absolute Gasteiger partial charge is 0.191 e. The molecule has 88 valence electrons. The quantitative estimate of drug-likeness (QED) is 0.674. The number of nitrogens with two attached hydrogens (primary N) is 1. The van der Waals surface area contributed by atoms with Gasteiger partial charge in [-0.3, -0.25) is 0 Å². The summed E-state index contributed by atoms with van der Waals surface area (Å²) in [6.45, 7) is 4.87. The molecule has 0 unspecified atom stereocenters. The number of halogens is 1. The van der Waals surface area contributed by atoms with Crippen LogP contribution in [0, 0.1) is 0 Å². The van der Waals surface area contributed by atoms with E-state index in [2.05, 4.69) is 22.0 Å². The topological polar surface area (TPSA) is 69.6 Å². The van der Waals surface area contributed by atoms with Crippen LogP contribution in [0.4, 0.5) is 5.82 Å². The maximum atomic E-state index is 5.84. The van der Waals surface area contributed by atoms with Crippen molar-refractivity contribution >= 4 is 41.0 Å². The minimum absolute atomic E-state index is 0. The van der Waals surface area contributed by atoms with E-state index in [9.17, 15) is 0 Å². The Balaban J connectivity index is 0.00000128. The first-order valence-electron chi connectivity index (χ1n) is 4.88. The Bertz CT molecular complexity index is 484. The van der Waals surface area contributed by atoms with E-state index < -0.39 is 0 Å². The van der Waals surface area contributed by atoms with Gasteiger partial charge in [-0.05, 0) is 12.7 Å². The summed E-state index contributed by atoms with van der Waals surface area (Å²) in [4.78, 5) is 8.64. The summed E-state index contributed by atoms with van der Waals surface area (Å²) in [5, 5.41) is 5.75. The van der Waals surface area contributed by atoms with Gasteiger partial charge in [-0.25, -0.2) is 14.6 Å². The Hall–Kier alpha value is -1.01. The van der Waals surface area contributed by atoms with Gasteiger partial charge in [0, 0.05) is 6.54 Å². The normalized spacial score (nSPS) is 10.4. The number of fused-ring (bicyclic) bond motifs is 1. The third-order valence-corrected chi connectivity index (χ3v) is 2.81. The number of nitrogen functional groups attached to an aromatic ring is 1. The van der Waals surface area contributed by atoms with Crippen LogP contribution >= 0.6 is 24.2 Å². The summed E-state index contributed by atoms with van der Waals surface area (Å²) >= 11 is 1.58. The SMILES string of the molecule is CCSc1nc(N)c2cnn(CC)c2n1.Cl. The second kappa shape index (κ2) is 5.36. The van der Waals surface area contributed by atoms with E-state index in [4.69, 9.17) is 5.73 Å². The van der Waals surface area contributed by atoms with Crippen molar-refractivity contribution < 1.29 is 0 Å². The van der Waals surface area contributed by atoms with Crippen LogP contribution in [0.5, 0.6) is 0 Å². The van der Waals surface area contributed by atoms with Crippen molar-refractivity contribution in [2.75, 3.05) is 11.5 Å². The summed E-state index contributed by atoms with van der Waals surface area (Å²) in [5.41, 5.74) is 6.66. The molecule has 5 nitrogen and oxygen atoms in total. The molecule has 0 aliphatic heterocycles. The van der Waals surface area contributed by atoms with Crippen LogP contribution < -0.4 is 5.73 Å². The molecule has 0 aromatic carbocycles. The van der Waals surface area contributed by atoms with Crippen LogP contribution in [0.2, 0.25) is 0 Å². The van der Waals surface area contributed by atoms with E-state index >= 15 is 0 Å². The van der Waals surface area contributed by atoms with Crippen LogP contribution in [0.3, 0.4) is 0 Å². The summed E-state index contributed by atoms with van der Waals surface area (Å²) in [6, 6.07) is 0. The minimum atomic E-state index is 0. The molecule has 0 saturated heterocycles. The van der Waals surface area contributed by atoms with Crippen LogP contribution in [0.15, 0.2) is 11.4 Å². The lowest BCUT2D eigenvalue weighted by atomic mass is 10.4. The van der Waals surface area contributed by atoms with Gasteiger partial charge in [0.2, 0.25) is 0 Å². The minimum Gasteiger partial charge on any atom is -0.383 e. The highest BCUT2D eigenvalue weighted by Gasteiger charge is 2.09. The molecular weight excluding hydrogens is 246 g/mol. The molecule has 2 rings (SSSR count). The Morgan fingerprint density at radius 1 is 1.38 bits per heavy atom. The Morgan fingerprint density at radius 3 is 2.75 bits per heavy atom. The molecule has 0 bridgehead atoms. The molecule has 7 heteroatoms. The average molecular weight is 260 g/mol. The first kappa shape index (κ1) is 13.1. The van der Waals surface area contributed by atoms with Crippen molar-refractivity contribution in [1.29, 1.82) is 0 Å². The number of thioether (sulfide) groups is 1. The van der Waals surface area contributed by atoms with Gasteiger partial charge in [0.25, 0.3) is 0 Å². The van der Waals surface area contributed by atoms with Gasteiger partial charge in [-0.1, -0.05) is 18.7 Å². The van der Waals surface area contributed by atoms with Crippen molar-refractivity contribution in [2.45, 2.75) is 25.5 Å². The standard InChI is InChI=1S/C9H13N5S.ClH/c1-3-14-8-6(5-11-14)7(10)12-9(13-8)15-4-2;/h5H,3-4H2,1-2H3,(H2,10,12,13);1H. The third kappa shape index (κ3) is 2.22. The number of rotatable bonds is 3. The summed E-state index contributed by atoms with van der Waals surface area (Å²) < 4.78 is 1.83. The lowest BCUT2D eigenvalue weighted by molar-refractivity contribution is 0.673. The summed E-state index contributed by atoms with van der Waals surface area (Å²) in [7, 11) is 0. The zero-order valence-electron chi connectivity index (χ0n) is 9.17. The molecule has 2 heterocycles. The van der Waals surface area contributed by atoms with E-state index in [-0.39, 0.29) is 12.4 Å². The molecule has 2 aromatic heterocycles. The fourth-order valence-electron chi connectivity index (χ4n) is 1.38. The molecule has 0 aliphatic carbocycles. The number of anilines is 1. The van der Waals surface area contributed by atoms with Crippen molar-refractivity contribution in [1.82, 2.24) is 19.7 Å². The highest BCUT2D eigenvalue weighted by atomic mass is 35.5. The molecule has 0 amide bonds. The molecule has 0 spiro atoms. The van der Waals surface area contributed by atoms with Gasteiger partial charge < -0.3 is 5.73 Å². The van der Waals surface area contributed by atoms with E-state index in [0.29, 0.717) is 5.82 Å². The Kier molecular flexibility index (Phi) is 4.37. The number of aryl methyl sites for hydroxylation is 1. The van der Waals surface area contributed by atoms with Gasteiger partial charge in [0.05, 0.1) is 11.6 Å². The van der Waals surface area contributed by atoms with Gasteiger partial charge in [-0.2, -0.15) is 5.10 Å². The van der Waals surface area contributed by atoms with Crippen LogP contribution in [0.1, 0.15) is 13.8 Å². The van der Waals surface area contributed by atoms with Crippen molar-refractivity contribution in [3.63, 3.8) is 0 Å². The number of aromatic nitrogens is 4. The molecule has 0 radical (unpaired) electrons. The fraction of sp³-hybridized carbons (Fsp3) is 0.444. The monoisotopic (exact) mass is 259 g/mol. The second-order valence-electron chi connectivity index (χ2n) is 3.02. The molecular formula is C9H14ClN5S. The maximum absolute atomic E-state index is 5.84. The van der Waals surface area contributed by atoms with Gasteiger partial charge in [-0.15, -0.1) is 12.4 Å². The van der Waals surface area contributed by atoms with Gasteiger partial charge in [0.1, 0.15) is 5.82 Å². The van der Waals surface area contributed by atoms with E-state index in [1.807, 2.05) is 11.6 Å². The summed E-state index contributed by atoms with van der Waals surface area (Å²) in [5.74, 6) is 1.45. The number of nitrogens with zero attached hydrogens (tertiary/aromatic N) is 4. The van der Waals surface area contributed by atoms with Gasteiger partial charge >= 0.3 is 0 Å². The highest BCUT2D eigenvalue weighted by molar-refractivity contribution is 7.99. The first-order valence-corrected chi connectivity index (χ1v) is 5.86. The van der Waals surface area contributed by atoms with Crippen molar-refractivity contribution in [3.8, 4) is 0 Å². The summed E-state index contributed by atoms with van der Waals surface area (Å²) in [6.07, 6.45) is 1.72. The third-order valence-electron chi connectivity index (χ3n) is 2.08. The molecule has 2 aromatic rings. The van der Waals surface area contributed by atoms with Crippen molar-refractivity contribution in [3.05, 3.63) is 6.20 Å². The fourth-order valence-corrected chi connectivity index (χ4v) is 1.95. The molecule has 0 fully saturated rings. The van der Waals surface area contributed by atoms with Crippen LogP contribution in [-0.4, -0.2) is 25.5 Å². The zero-order chi connectivity index (χ0) is 10.8. The lowest BCUT2D eigenvalue weighted by Gasteiger charge is -2.02. The van der Waals surface area contributed by atoms with Crippen LogP contribution in [-0.2, 0) is 6.54 Å². The second-order valence-corrected chi connectivity index (χ2v) is 4.25. The zero-order valence-corrected chi connectivity index (χ0v) is 10.8. The van der Waals surface area contributed by atoms with Crippen LogP contribution in [0.25, 0.3) is 11.0 Å². The van der Waals surface area contributed by atoms with Gasteiger partial charge in [0.15, 0.2) is 10.8 Å². The van der Waals surface area contributed by atoms with Crippen molar-refractivity contribution in [2.24, 2.45) is 0 Å². The predicted molar refractivity (Wildman–Crippen MR) is 69.1 cm³/mol. The lowest BCUT2D eigenvalue weighted by Crippen LogP contribution is -2.01. The van der Waals surface area contributed by atoms with E-state index in [1.165, 1.54) is 0 Å². The number of hydrogen-bond donors (Lipinski definition) is 1. The molecule has 2 N–H and O–H groups in total. The Morgan fingerprint density at radius 2 is 2.12 bits per heavy atom. The van der Waals surface area contributed by atoms with E-state index in [1.54, 1.807) is 18.0 Å². The predicted octanol–water partition coefficient (Wildman–Crippen LogP) is 1.96. The number of hydrogen-bond acceptors (Lipinski definition) is 5. The maximum Gasteiger partial charge on any atom is 0.191 e. The largest absolute Gasteiger partial charge is 0.383 e. The molecule has 0 saturated carbocycles.